The van der Waals surface area contributed by atoms with Crippen molar-refractivity contribution < 1.29 is 14.7 Å². The monoisotopic (exact) mass is 330 g/mol. The van der Waals surface area contributed by atoms with Crippen molar-refractivity contribution in [3.8, 4) is 0 Å². The third-order valence-electron chi connectivity index (χ3n) is 8.67. The molecule has 24 heavy (non-hydrogen) atoms. The average Bonchev–Trinajstić information content (AvgIpc) is 2.81. The summed E-state index contributed by atoms with van der Waals surface area (Å²) in [6.45, 7) is 6.10. The molecule has 0 aromatic carbocycles. The third-order valence-corrected chi connectivity index (χ3v) is 8.67. The molecular weight excluding hydrogens is 300 g/mol. The molecule has 0 aromatic rings. The van der Waals surface area contributed by atoms with Gasteiger partial charge in [-0.2, -0.15) is 0 Å². The lowest BCUT2D eigenvalue weighted by atomic mass is 9.47. The highest BCUT2D eigenvalue weighted by molar-refractivity contribution is 5.86. The topological polar surface area (TPSA) is 54.4 Å². The molecule has 6 atom stereocenters. The Kier molecular flexibility index (Phi) is 3.46. The van der Waals surface area contributed by atoms with E-state index >= 15 is 0 Å². The van der Waals surface area contributed by atoms with Crippen LogP contribution >= 0.6 is 0 Å². The molecule has 0 heterocycles. The minimum Gasteiger partial charge on any atom is -0.382 e. The maximum absolute atomic E-state index is 12.2. The fourth-order valence-electron chi connectivity index (χ4n) is 7.07. The van der Waals surface area contributed by atoms with Crippen LogP contribution in [-0.2, 0) is 9.59 Å². The van der Waals surface area contributed by atoms with Crippen LogP contribution in [0.1, 0.15) is 72.1 Å². The second-order valence-corrected chi connectivity index (χ2v) is 9.39. The van der Waals surface area contributed by atoms with Crippen LogP contribution in [0.15, 0.2) is 11.6 Å². The van der Waals surface area contributed by atoms with Crippen molar-refractivity contribution >= 4 is 11.6 Å². The Hall–Kier alpha value is -0.960. The Morgan fingerprint density at radius 3 is 2.58 bits per heavy atom. The maximum atomic E-state index is 12.2. The molecule has 0 aromatic heterocycles. The molecule has 4 aliphatic carbocycles. The molecule has 132 valence electrons. The molecule has 4 rings (SSSR count). The molecule has 1 N–H and O–H groups in total. The fraction of sp³-hybridized carbons (Fsp3) is 0.810. The predicted octanol–water partition coefficient (Wildman–Crippen LogP) is 3.84. The van der Waals surface area contributed by atoms with Gasteiger partial charge in [-0.25, -0.2) is 0 Å². The first kappa shape index (κ1) is 16.5. The molecule has 3 saturated carbocycles. The van der Waals surface area contributed by atoms with Crippen molar-refractivity contribution in [1.29, 1.82) is 0 Å². The van der Waals surface area contributed by atoms with Crippen LogP contribution in [0.4, 0.5) is 0 Å². The average molecular weight is 330 g/mol. The van der Waals surface area contributed by atoms with Crippen LogP contribution in [0.2, 0.25) is 0 Å². The number of carbonyl (C=O) groups excluding carboxylic acids is 2. The second kappa shape index (κ2) is 5.03. The number of fused-ring (bicyclic) bond motifs is 5. The second-order valence-electron chi connectivity index (χ2n) is 9.39. The number of hydrogen-bond donors (Lipinski definition) is 1. The molecule has 4 aliphatic rings. The highest BCUT2D eigenvalue weighted by Gasteiger charge is 2.65. The molecule has 0 saturated heterocycles. The van der Waals surface area contributed by atoms with Crippen molar-refractivity contribution in [2.24, 2.45) is 28.6 Å². The van der Waals surface area contributed by atoms with Crippen molar-refractivity contribution in [1.82, 2.24) is 0 Å². The van der Waals surface area contributed by atoms with Gasteiger partial charge in [0.2, 0.25) is 0 Å². The molecule has 0 spiro atoms. The highest BCUT2D eigenvalue weighted by atomic mass is 16.3. The maximum Gasteiger partial charge on any atom is 0.161 e. The van der Waals surface area contributed by atoms with Crippen molar-refractivity contribution in [3.63, 3.8) is 0 Å². The van der Waals surface area contributed by atoms with Gasteiger partial charge in [0.25, 0.3) is 0 Å². The summed E-state index contributed by atoms with van der Waals surface area (Å²) in [5.74, 6) is 1.94. The Morgan fingerprint density at radius 1 is 1.17 bits per heavy atom. The van der Waals surface area contributed by atoms with Gasteiger partial charge < -0.3 is 5.11 Å². The smallest absolute Gasteiger partial charge is 0.161 e. The van der Waals surface area contributed by atoms with Crippen LogP contribution in [0.5, 0.6) is 0 Å². The molecule has 0 bridgehead atoms. The van der Waals surface area contributed by atoms with E-state index in [2.05, 4.69) is 19.9 Å². The molecule has 0 aliphatic heterocycles. The van der Waals surface area contributed by atoms with Crippen LogP contribution in [0, 0.1) is 28.6 Å². The number of ketones is 2. The first-order valence-corrected chi connectivity index (χ1v) is 9.67. The molecular formula is C21H30O3. The van der Waals surface area contributed by atoms with Gasteiger partial charge in [0.15, 0.2) is 5.78 Å². The summed E-state index contributed by atoms with van der Waals surface area (Å²) >= 11 is 0. The van der Waals surface area contributed by atoms with E-state index in [1.165, 1.54) is 5.57 Å². The summed E-state index contributed by atoms with van der Waals surface area (Å²) in [5, 5.41) is 11.1. The van der Waals surface area contributed by atoms with Crippen LogP contribution in [0.25, 0.3) is 0 Å². The van der Waals surface area contributed by atoms with Gasteiger partial charge in [0.1, 0.15) is 11.4 Å². The van der Waals surface area contributed by atoms with Gasteiger partial charge in [-0.3, -0.25) is 9.59 Å². The van der Waals surface area contributed by atoms with E-state index in [9.17, 15) is 14.7 Å². The normalized spacial score (nSPS) is 50.6. The zero-order chi connectivity index (χ0) is 17.3. The lowest BCUT2D eigenvalue weighted by Gasteiger charge is -2.58. The minimum absolute atomic E-state index is 0.0486. The number of aliphatic hydroxyl groups is 1. The molecule has 0 amide bonds. The zero-order valence-corrected chi connectivity index (χ0v) is 15.2. The van der Waals surface area contributed by atoms with Crippen LogP contribution in [0.3, 0.4) is 0 Å². The number of allylic oxidation sites excluding steroid dienone is 2. The van der Waals surface area contributed by atoms with Gasteiger partial charge in [-0.15, -0.1) is 0 Å². The van der Waals surface area contributed by atoms with E-state index in [-0.39, 0.29) is 16.6 Å². The van der Waals surface area contributed by atoms with Gasteiger partial charge in [-0.05, 0) is 68.6 Å². The van der Waals surface area contributed by atoms with E-state index in [0.29, 0.717) is 36.4 Å². The minimum atomic E-state index is -1.13. The summed E-state index contributed by atoms with van der Waals surface area (Å²) in [5.41, 5.74) is 0.139. The van der Waals surface area contributed by atoms with Crippen molar-refractivity contribution in [2.45, 2.75) is 77.7 Å². The summed E-state index contributed by atoms with van der Waals surface area (Å²) in [6, 6.07) is 0. The summed E-state index contributed by atoms with van der Waals surface area (Å²) in [6.07, 6.45) is 9.33. The van der Waals surface area contributed by atoms with Gasteiger partial charge in [0.05, 0.1) is 0 Å². The largest absolute Gasteiger partial charge is 0.382 e. The Labute approximate surface area is 144 Å². The highest BCUT2D eigenvalue weighted by Crippen LogP contribution is 2.67. The van der Waals surface area contributed by atoms with E-state index in [0.717, 1.165) is 38.5 Å². The molecule has 3 fully saturated rings. The van der Waals surface area contributed by atoms with Crippen LogP contribution < -0.4 is 0 Å². The molecule has 3 nitrogen and oxygen atoms in total. The zero-order valence-electron chi connectivity index (χ0n) is 15.2. The van der Waals surface area contributed by atoms with Gasteiger partial charge in [-0.1, -0.05) is 25.5 Å². The summed E-state index contributed by atoms with van der Waals surface area (Å²) < 4.78 is 0. The number of hydrogen-bond acceptors (Lipinski definition) is 3. The first-order valence-electron chi connectivity index (χ1n) is 9.67. The Balaban J connectivity index is 1.70. The summed E-state index contributed by atoms with van der Waals surface area (Å²) in [7, 11) is 0. The van der Waals surface area contributed by atoms with E-state index in [4.69, 9.17) is 0 Å². The van der Waals surface area contributed by atoms with Crippen LogP contribution in [-0.4, -0.2) is 22.3 Å². The lowest BCUT2D eigenvalue weighted by Crippen LogP contribution is -2.56. The SMILES string of the molecule is CC(=O)C1(O)CCC2C3CC=C4CC(=O)CCC4(C)C3CCC21C. The predicted molar refractivity (Wildman–Crippen MR) is 92.3 cm³/mol. The van der Waals surface area contributed by atoms with Crippen molar-refractivity contribution in [3.05, 3.63) is 11.6 Å². The lowest BCUT2D eigenvalue weighted by molar-refractivity contribution is -0.159. The fourth-order valence-corrected chi connectivity index (χ4v) is 7.07. The third kappa shape index (κ3) is 1.88. The number of Topliss-reactive ketones (excluding diaryl/α,β-unsaturated/α-hetero) is 2. The van der Waals surface area contributed by atoms with E-state index in [1.54, 1.807) is 6.92 Å². The van der Waals surface area contributed by atoms with E-state index < -0.39 is 5.60 Å². The standard InChI is InChI=1S/C21H30O3/c1-13(22)21(24)11-8-18-16-5-4-14-12-15(23)6-9-19(14,2)17(16)7-10-20(18,21)3/h4,16-18,24H,5-12H2,1-3H3. The number of carbonyl (C=O) groups is 2. The molecule has 6 unspecified atom stereocenters. The van der Waals surface area contributed by atoms with E-state index in [1.807, 2.05) is 0 Å². The van der Waals surface area contributed by atoms with Gasteiger partial charge in [0, 0.05) is 18.3 Å². The number of rotatable bonds is 1. The molecule has 0 radical (unpaired) electrons. The van der Waals surface area contributed by atoms with Gasteiger partial charge >= 0.3 is 0 Å². The molecule has 3 heteroatoms. The Bertz CT molecular complexity index is 635. The summed E-state index contributed by atoms with van der Waals surface area (Å²) in [4.78, 5) is 24.1. The van der Waals surface area contributed by atoms with Crippen molar-refractivity contribution in [2.75, 3.05) is 0 Å². The Morgan fingerprint density at radius 2 is 1.88 bits per heavy atom. The first-order chi connectivity index (χ1) is 11.2. The quantitative estimate of drug-likeness (QED) is 0.743.